The Hall–Kier alpha value is -1.37. The summed E-state index contributed by atoms with van der Waals surface area (Å²) in [5.41, 5.74) is 0. The molecule has 116 valence electrons. The van der Waals surface area contributed by atoms with Crippen molar-refractivity contribution in [3.8, 4) is 0 Å². The van der Waals surface area contributed by atoms with E-state index in [-0.39, 0.29) is 35.9 Å². The number of nitrogens with zero attached hydrogens (tertiary/aromatic N) is 2. The molecular formula is C13H17Cl2N3O3. The Morgan fingerprint density at radius 2 is 2.10 bits per heavy atom. The van der Waals surface area contributed by atoms with Crippen molar-refractivity contribution in [3.05, 3.63) is 22.3 Å². The van der Waals surface area contributed by atoms with Crippen LogP contribution in [0.4, 0.5) is 5.82 Å². The summed E-state index contributed by atoms with van der Waals surface area (Å²) in [6.07, 6.45) is 2.10. The van der Waals surface area contributed by atoms with Crippen molar-refractivity contribution in [2.45, 2.75) is 26.3 Å². The number of nitrogens with one attached hydrogen (secondary N) is 1. The Morgan fingerprint density at radius 1 is 1.43 bits per heavy atom. The summed E-state index contributed by atoms with van der Waals surface area (Å²) in [4.78, 5) is 28.3. The Morgan fingerprint density at radius 3 is 2.62 bits per heavy atom. The number of amides is 1. The molecule has 0 fully saturated rings. The van der Waals surface area contributed by atoms with Gasteiger partial charge in [0.05, 0.1) is 23.1 Å². The van der Waals surface area contributed by atoms with E-state index in [2.05, 4.69) is 10.3 Å². The van der Waals surface area contributed by atoms with Gasteiger partial charge in [-0.1, -0.05) is 30.1 Å². The van der Waals surface area contributed by atoms with Crippen LogP contribution in [0.5, 0.6) is 0 Å². The maximum Gasteiger partial charge on any atom is 0.317 e. The number of carbonyl (C=O) groups is 2. The number of carboxylic acids is 1. The van der Waals surface area contributed by atoms with Crippen molar-refractivity contribution in [3.63, 3.8) is 0 Å². The van der Waals surface area contributed by atoms with Crippen LogP contribution in [0.1, 0.15) is 20.3 Å². The minimum Gasteiger partial charge on any atom is -0.480 e. The Kier molecular flexibility index (Phi) is 6.87. The van der Waals surface area contributed by atoms with Gasteiger partial charge in [-0.3, -0.25) is 14.5 Å². The molecule has 0 saturated heterocycles. The number of aromatic nitrogens is 1. The van der Waals surface area contributed by atoms with E-state index in [0.717, 1.165) is 6.42 Å². The minimum atomic E-state index is -0.981. The SMILES string of the molecule is CCC(C)N(CC(=O)O)CC(=O)Nc1ncc(Cl)cc1Cl. The van der Waals surface area contributed by atoms with Gasteiger partial charge in [-0.2, -0.15) is 0 Å². The number of rotatable bonds is 7. The first-order chi connectivity index (χ1) is 9.83. The second-order valence-electron chi connectivity index (χ2n) is 4.59. The molecule has 1 amide bonds. The van der Waals surface area contributed by atoms with Gasteiger partial charge < -0.3 is 10.4 Å². The van der Waals surface area contributed by atoms with Crippen LogP contribution in [0.2, 0.25) is 10.0 Å². The number of carboxylic acid groups (broad SMARTS) is 1. The van der Waals surface area contributed by atoms with Crippen molar-refractivity contribution in [2.75, 3.05) is 18.4 Å². The highest BCUT2D eigenvalue weighted by Gasteiger charge is 2.19. The zero-order valence-corrected chi connectivity index (χ0v) is 13.3. The maximum absolute atomic E-state index is 12.0. The van der Waals surface area contributed by atoms with E-state index in [4.69, 9.17) is 28.3 Å². The van der Waals surface area contributed by atoms with Gasteiger partial charge in [-0.05, 0) is 19.4 Å². The molecule has 2 N–H and O–H groups in total. The van der Waals surface area contributed by atoms with Gasteiger partial charge in [0, 0.05) is 12.2 Å². The van der Waals surface area contributed by atoms with E-state index >= 15 is 0 Å². The number of halogens is 2. The lowest BCUT2D eigenvalue weighted by atomic mass is 10.2. The molecule has 1 heterocycles. The van der Waals surface area contributed by atoms with Crippen LogP contribution < -0.4 is 5.32 Å². The van der Waals surface area contributed by atoms with E-state index in [9.17, 15) is 9.59 Å². The van der Waals surface area contributed by atoms with Crippen LogP contribution in [0.25, 0.3) is 0 Å². The molecule has 8 heteroatoms. The summed E-state index contributed by atoms with van der Waals surface area (Å²) >= 11 is 11.6. The third kappa shape index (κ3) is 5.87. The third-order valence-electron chi connectivity index (χ3n) is 2.96. The summed E-state index contributed by atoms with van der Waals surface area (Å²) < 4.78 is 0. The van der Waals surface area contributed by atoms with Crippen LogP contribution in [-0.2, 0) is 9.59 Å². The molecule has 0 aliphatic carbocycles. The molecule has 1 atom stereocenters. The summed E-state index contributed by atoms with van der Waals surface area (Å²) in [5, 5.41) is 12.0. The molecule has 1 unspecified atom stereocenters. The first-order valence-corrected chi connectivity index (χ1v) is 7.15. The van der Waals surface area contributed by atoms with Crippen LogP contribution in [0.3, 0.4) is 0 Å². The Balaban J connectivity index is 2.71. The number of hydrogen-bond donors (Lipinski definition) is 2. The number of anilines is 1. The molecule has 0 aromatic carbocycles. The van der Waals surface area contributed by atoms with Crippen LogP contribution in [0, 0.1) is 0 Å². The van der Waals surface area contributed by atoms with Crippen molar-refractivity contribution in [1.29, 1.82) is 0 Å². The lowest BCUT2D eigenvalue weighted by Gasteiger charge is -2.25. The molecule has 0 aliphatic rings. The van der Waals surface area contributed by atoms with Gasteiger partial charge in [0.2, 0.25) is 5.91 Å². The van der Waals surface area contributed by atoms with Crippen LogP contribution in [-0.4, -0.2) is 46.0 Å². The van der Waals surface area contributed by atoms with Gasteiger partial charge >= 0.3 is 5.97 Å². The van der Waals surface area contributed by atoms with Gasteiger partial charge in [0.1, 0.15) is 0 Å². The van der Waals surface area contributed by atoms with E-state index in [1.165, 1.54) is 12.3 Å². The minimum absolute atomic E-state index is 0.0273. The lowest BCUT2D eigenvalue weighted by Crippen LogP contribution is -2.42. The van der Waals surface area contributed by atoms with Gasteiger partial charge in [0.25, 0.3) is 0 Å². The Labute approximate surface area is 133 Å². The number of carbonyl (C=O) groups excluding carboxylic acids is 1. The van der Waals surface area contributed by atoms with E-state index < -0.39 is 5.97 Å². The van der Waals surface area contributed by atoms with Crippen LogP contribution in [0.15, 0.2) is 12.3 Å². The van der Waals surface area contributed by atoms with E-state index in [1.54, 1.807) is 4.90 Å². The topological polar surface area (TPSA) is 82.5 Å². The molecule has 1 aromatic heterocycles. The Bertz CT molecular complexity index is 525. The molecule has 0 spiro atoms. The van der Waals surface area contributed by atoms with Crippen molar-refractivity contribution in [1.82, 2.24) is 9.88 Å². The molecule has 0 aliphatic heterocycles. The second kappa shape index (κ2) is 8.17. The molecule has 0 radical (unpaired) electrons. The molecule has 1 rings (SSSR count). The normalized spacial score (nSPS) is 12.2. The summed E-state index contributed by atoms with van der Waals surface area (Å²) in [7, 11) is 0. The predicted molar refractivity (Wildman–Crippen MR) is 81.8 cm³/mol. The smallest absolute Gasteiger partial charge is 0.317 e. The first-order valence-electron chi connectivity index (χ1n) is 6.40. The molecule has 21 heavy (non-hydrogen) atoms. The molecule has 1 aromatic rings. The number of pyridine rings is 1. The third-order valence-corrected chi connectivity index (χ3v) is 3.46. The predicted octanol–water partition coefficient (Wildman–Crippen LogP) is 2.51. The monoisotopic (exact) mass is 333 g/mol. The van der Waals surface area contributed by atoms with Crippen molar-refractivity contribution < 1.29 is 14.7 Å². The fourth-order valence-corrected chi connectivity index (χ4v) is 2.09. The van der Waals surface area contributed by atoms with Gasteiger partial charge in [0.15, 0.2) is 5.82 Å². The molecule has 0 saturated carbocycles. The summed E-state index contributed by atoms with van der Waals surface area (Å²) in [6.45, 7) is 3.53. The van der Waals surface area contributed by atoms with Gasteiger partial charge in [-0.15, -0.1) is 0 Å². The quantitative estimate of drug-likeness (QED) is 0.801. The second-order valence-corrected chi connectivity index (χ2v) is 5.43. The largest absolute Gasteiger partial charge is 0.480 e. The van der Waals surface area contributed by atoms with Crippen LogP contribution >= 0.6 is 23.2 Å². The highest BCUT2D eigenvalue weighted by Crippen LogP contribution is 2.22. The highest BCUT2D eigenvalue weighted by atomic mass is 35.5. The van der Waals surface area contributed by atoms with E-state index in [1.807, 2.05) is 13.8 Å². The molecule has 0 bridgehead atoms. The van der Waals surface area contributed by atoms with Gasteiger partial charge in [-0.25, -0.2) is 4.98 Å². The standard InChI is InChI=1S/C13H17Cl2N3O3/c1-3-8(2)18(7-12(20)21)6-11(19)17-13-10(15)4-9(14)5-16-13/h4-5,8H,3,6-7H2,1-2H3,(H,20,21)(H,16,17,19). The van der Waals surface area contributed by atoms with Crippen molar-refractivity contribution >= 4 is 40.9 Å². The highest BCUT2D eigenvalue weighted by molar-refractivity contribution is 6.36. The van der Waals surface area contributed by atoms with Crippen molar-refractivity contribution in [2.24, 2.45) is 0 Å². The zero-order chi connectivity index (χ0) is 16.0. The first kappa shape index (κ1) is 17.7. The number of hydrogen-bond acceptors (Lipinski definition) is 4. The number of aliphatic carboxylic acids is 1. The van der Waals surface area contributed by atoms with E-state index in [0.29, 0.717) is 5.02 Å². The average Bonchev–Trinajstić information content (AvgIpc) is 2.39. The molecular weight excluding hydrogens is 317 g/mol. The molecule has 6 nitrogen and oxygen atoms in total. The summed E-state index contributed by atoms with van der Waals surface area (Å²) in [6, 6.07) is 1.44. The fourth-order valence-electron chi connectivity index (χ4n) is 1.66. The fraction of sp³-hybridized carbons (Fsp3) is 0.462. The summed E-state index contributed by atoms with van der Waals surface area (Å²) in [5.74, 6) is -1.16. The maximum atomic E-state index is 12.0. The lowest BCUT2D eigenvalue weighted by molar-refractivity contribution is -0.139. The zero-order valence-electron chi connectivity index (χ0n) is 11.8. The average molecular weight is 334 g/mol.